The maximum absolute atomic E-state index is 11.4. The molecule has 0 radical (unpaired) electrons. The molecule has 0 spiro atoms. The SMILES string of the molecule is Cc1c[nH]c(=O)c(NC(=O)OC(C)(C)C)n1. The van der Waals surface area contributed by atoms with Crippen LogP contribution in [0.4, 0.5) is 10.6 Å². The zero-order valence-electron chi connectivity index (χ0n) is 9.75. The number of hydrogen-bond donors (Lipinski definition) is 2. The monoisotopic (exact) mass is 225 g/mol. The van der Waals surface area contributed by atoms with E-state index in [4.69, 9.17) is 4.74 Å². The van der Waals surface area contributed by atoms with Crippen molar-refractivity contribution in [3.8, 4) is 0 Å². The quantitative estimate of drug-likeness (QED) is 0.757. The van der Waals surface area contributed by atoms with Crippen LogP contribution < -0.4 is 10.9 Å². The van der Waals surface area contributed by atoms with Gasteiger partial charge in [0.05, 0.1) is 5.69 Å². The molecule has 1 aromatic rings. The molecule has 2 N–H and O–H groups in total. The van der Waals surface area contributed by atoms with E-state index in [1.54, 1.807) is 27.7 Å². The first kappa shape index (κ1) is 12.2. The summed E-state index contributed by atoms with van der Waals surface area (Å²) in [6.07, 6.45) is 0.763. The summed E-state index contributed by atoms with van der Waals surface area (Å²) in [6.45, 7) is 6.91. The van der Waals surface area contributed by atoms with Crippen LogP contribution in [-0.2, 0) is 4.74 Å². The molecule has 0 aliphatic carbocycles. The second kappa shape index (κ2) is 4.34. The van der Waals surface area contributed by atoms with E-state index in [9.17, 15) is 9.59 Å². The molecule has 0 bridgehead atoms. The molecule has 1 rings (SSSR count). The van der Waals surface area contributed by atoms with Gasteiger partial charge in [0.1, 0.15) is 5.60 Å². The zero-order valence-corrected chi connectivity index (χ0v) is 9.75. The minimum atomic E-state index is -0.698. The molecule has 0 aromatic carbocycles. The van der Waals surface area contributed by atoms with E-state index in [1.807, 2.05) is 0 Å². The van der Waals surface area contributed by atoms with Crippen molar-refractivity contribution < 1.29 is 9.53 Å². The number of nitrogens with one attached hydrogen (secondary N) is 2. The highest BCUT2D eigenvalue weighted by atomic mass is 16.6. The van der Waals surface area contributed by atoms with Crippen molar-refractivity contribution in [2.75, 3.05) is 5.32 Å². The Bertz CT molecular complexity index is 445. The number of H-pyrrole nitrogens is 1. The van der Waals surface area contributed by atoms with Gasteiger partial charge >= 0.3 is 6.09 Å². The average Bonchev–Trinajstić information content (AvgIpc) is 2.08. The molecule has 0 saturated heterocycles. The number of ether oxygens (including phenoxy) is 1. The van der Waals surface area contributed by atoms with Crippen molar-refractivity contribution >= 4 is 11.9 Å². The Hall–Kier alpha value is -1.85. The van der Waals surface area contributed by atoms with Gasteiger partial charge in [-0.15, -0.1) is 0 Å². The number of carbonyl (C=O) groups excluding carboxylic acids is 1. The predicted octanol–water partition coefficient (Wildman–Crippen LogP) is 1.43. The van der Waals surface area contributed by atoms with Gasteiger partial charge in [0, 0.05) is 6.20 Å². The summed E-state index contributed by atoms with van der Waals surface area (Å²) in [5.41, 5.74) is -0.470. The van der Waals surface area contributed by atoms with E-state index in [0.717, 1.165) is 0 Å². The van der Waals surface area contributed by atoms with Gasteiger partial charge in [-0.2, -0.15) is 0 Å². The van der Waals surface area contributed by atoms with Gasteiger partial charge in [-0.25, -0.2) is 9.78 Å². The van der Waals surface area contributed by atoms with Gasteiger partial charge in [-0.3, -0.25) is 10.1 Å². The number of aromatic nitrogens is 2. The van der Waals surface area contributed by atoms with Crippen LogP contribution >= 0.6 is 0 Å². The van der Waals surface area contributed by atoms with Crippen LogP contribution in [0.5, 0.6) is 0 Å². The number of carbonyl (C=O) groups is 1. The summed E-state index contributed by atoms with van der Waals surface area (Å²) < 4.78 is 4.99. The van der Waals surface area contributed by atoms with Crippen LogP contribution in [0.15, 0.2) is 11.0 Å². The lowest BCUT2D eigenvalue weighted by Crippen LogP contribution is -2.29. The third-order valence-electron chi connectivity index (χ3n) is 1.53. The summed E-state index contributed by atoms with van der Waals surface area (Å²) >= 11 is 0. The second-order valence-electron chi connectivity index (χ2n) is 4.35. The molecule has 0 fully saturated rings. The first-order chi connectivity index (χ1) is 7.28. The smallest absolute Gasteiger partial charge is 0.413 e. The van der Waals surface area contributed by atoms with Gasteiger partial charge in [0.2, 0.25) is 5.82 Å². The van der Waals surface area contributed by atoms with Gasteiger partial charge in [0.15, 0.2) is 0 Å². The Balaban J connectivity index is 2.77. The van der Waals surface area contributed by atoms with Crippen LogP contribution in [0.3, 0.4) is 0 Å². The Morgan fingerprint density at radius 3 is 2.69 bits per heavy atom. The molecule has 88 valence electrons. The maximum atomic E-state index is 11.4. The average molecular weight is 225 g/mol. The van der Waals surface area contributed by atoms with Crippen molar-refractivity contribution in [2.45, 2.75) is 33.3 Å². The molecule has 16 heavy (non-hydrogen) atoms. The fourth-order valence-corrected chi connectivity index (χ4v) is 0.983. The molecule has 6 nitrogen and oxygen atoms in total. The van der Waals surface area contributed by atoms with Crippen LogP contribution in [0.25, 0.3) is 0 Å². The largest absolute Gasteiger partial charge is 0.444 e. The molecule has 1 amide bonds. The van der Waals surface area contributed by atoms with Crippen molar-refractivity contribution in [1.82, 2.24) is 9.97 Å². The third kappa shape index (κ3) is 3.72. The van der Waals surface area contributed by atoms with Crippen molar-refractivity contribution in [1.29, 1.82) is 0 Å². The lowest BCUT2D eigenvalue weighted by atomic mass is 10.2. The van der Waals surface area contributed by atoms with Crippen molar-refractivity contribution in [2.24, 2.45) is 0 Å². The van der Waals surface area contributed by atoms with Gasteiger partial charge < -0.3 is 9.72 Å². The molecular formula is C10H15N3O3. The van der Waals surface area contributed by atoms with Gasteiger partial charge in [0.25, 0.3) is 5.56 Å². The maximum Gasteiger partial charge on any atom is 0.413 e. The Kier molecular flexibility index (Phi) is 3.31. The van der Waals surface area contributed by atoms with E-state index >= 15 is 0 Å². The summed E-state index contributed by atoms with van der Waals surface area (Å²) in [4.78, 5) is 29.0. The Morgan fingerprint density at radius 2 is 2.12 bits per heavy atom. The third-order valence-corrected chi connectivity index (χ3v) is 1.53. The second-order valence-corrected chi connectivity index (χ2v) is 4.35. The minimum absolute atomic E-state index is 0.0609. The number of nitrogens with zero attached hydrogens (tertiary/aromatic N) is 1. The number of rotatable bonds is 1. The molecule has 6 heteroatoms. The Labute approximate surface area is 93.0 Å². The number of aryl methyl sites for hydroxylation is 1. The van der Waals surface area contributed by atoms with Crippen LogP contribution in [0, 0.1) is 6.92 Å². The summed E-state index contributed by atoms with van der Waals surface area (Å²) in [5, 5.41) is 2.29. The number of aromatic amines is 1. The van der Waals surface area contributed by atoms with E-state index in [-0.39, 0.29) is 5.82 Å². The summed E-state index contributed by atoms with van der Waals surface area (Å²) in [5.74, 6) is -0.0609. The zero-order chi connectivity index (χ0) is 12.3. The molecular weight excluding hydrogens is 210 g/mol. The fourth-order valence-electron chi connectivity index (χ4n) is 0.983. The highest BCUT2D eigenvalue weighted by molar-refractivity contribution is 5.83. The topological polar surface area (TPSA) is 84.1 Å². The van der Waals surface area contributed by atoms with E-state index < -0.39 is 17.3 Å². The highest BCUT2D eigenvalue weighted by Gasteiger charge is 2.17. The normalized spacial score (nSPS) is 11.0. The fraction of sp³-hybridized carbons (Fsp3) is 0.500. The Morgan fingerprint density at radius 1 is 1.50 bits per heavy atom. The first-order valence-corrected chi connectivity index (χ1v) is 4.84. The molecule has 0 atom stereocenters. The van der Waals surface area contributed by atoms with E-state index in [0.29, 0.717) is 5.69 Å². The number of anilines is 1. The predicted molar refractivity (Wildman–Crippen MR) is 59.5 cm³/mol. The van der Waals surface area contributed by atoms with Crippen molar-refractivity contribution in [3.05, 3.63) is 22.2 Å². The van der Waals surface area contributed by atoms with E-state index in [2.05, 4.69) is 15.3 Å². The molecule has 0 saturated carbocycles. The van der Waals surface area contributed by atoms with Crippen molar-refractivity contribution in [3.63, 3.8) is 0 Å². The molecule has 0 aliphatic heterocycles. The standard InChI is InChI=1S/C10H15N3O3/c1-6-5-11-8(14)7(12-6)13-9(15)16-10(2,3)4/h5H,1-4H3,(H,11,14)(H,12,13,15). The minimum Gasteiger partial charge on any atom is -0.444 e. The molecule has 0 aliphatic rings. The summed E-state index contributed by atoms with van der Waals surface area (Å²) in [7, 11) is 0. The lowest BCUT2D eigenvalue weighted by molar-refractivity contribution is 0.0635. The molecule has 1 heterocycles. The number of amides is 1. The molecule has 1 aromatic heterocycles. The van der Waals surface area contributed by atoms with Crippen LogP contribution in [0.2, 0.25) is 0 Å². The lowest BCUT2D eigenvalue weighted by Gasteiger charge is -2.19. The highest BCUT2D eigenvalue weighted by Crippen LogP contribution is 2.08. The van der Waals surface area contributed by atoms with Crippen LogP contribution in [-0.4, -0.2) is 21.7 Å². The first-order valence-electron chi connectivity index (χ1n) is 4.84. The number of hydrogen-bond acceptors (Lipinski definition) is 4. The van der Waals surface area contributed by atoms with E-state index in [1.165, 1.54) is 6.20 Å². The van der Waals surface area contributed by atoms with Crippen LogP contribution in [0.1, 0.15) is 26.5 Å². The van der Waals surface area contributed by atoms with Gasteiger partial charge in [-0.05, 0) is 27.7 Å². The summed E-state index contributed by atoms with van der Waals surface area (Å²) in [6, 6.07) is 0. The molecule has 0 unspecified atom stereocenters. The van der Waals surface area contributed by atoms with Gasteiger partial charge in [-0.1, -0.05) is 0 Å².